The highest BCUT2D eigenvalue weighted by Gasteiger charge is 2.38. The molecule has 0 aromatic carbocycles. The molecule has 0 N–H and O–H groups in total. The van der Waals surface area contributed by atoms with E-state index in [2.05, 4.69) is 21.1 Å². The number of hydrogen-bond donors (Lipinski definition) is 0. The number of piperidine rings is 1. The Bertz CT molecular complexity index is 1210. The van der Waals surface area contributed by atoms with Crippen molar-refractivity contribution < 1.29 is 9.32 Å². The maximum absolute atomic E-state index is 13.2. The molecule has 6 rings (SSSR count). The lowest BCUT2D eigenvalue weighted by Crippen LogP contribution is -2.49. The number of hydrogen-bond acceptors (Lipinski definition) is 6. The van der Waals surface area contributed by atoms with Crippen LogP contribution in [0.5, 0.6) is 0 Å². The van der Waals surface area contributed by atoms with Crippen molar-refractivity contribution in [3.8, 4) is 0 Å². The van der Waals surface area contributed by atoms with Gasteiger partial charge in [-0.3, -0.25) is 14.5 Å². The quantitative estimate of drug-likeness (QED) is 0.647. The Balaban J connectivity index is 1.27. The van der Waals surface area contributed by atoms with Gasteiger partial charge in [-0.05, 0) is 56.5 Å². The molecule has 2 saturated heterocycles. The topological polar surface area (TPSA) is 84.5 Å². The second-order valence-corrected chi connectivity index (χ2v) is 9.08. The van der Waals surface area contributed by atoms with Crippen LogP contribution in [0.2, 0.25) is 0 Å². The molecule has 0 saturated carbocycles. The number of carbonyl (C=O) groups is 1. The van der Waals surface area contributed by atoms with Crippen LogP contribution >= 0.6 is 0 Å². The summed E-state index contributed by atoms with van der Waals surface area (Å²) in [5, 5.41) is 4.57. The number of fused-ring (bicyclic) bond motifs is 5. The van der Waals surface area contributed by atoms with E-state index in [0.717, 1.165) is 37.3 Å². The van der Waals surface area contributed by atoms with Crippen LogP contribution < -0.4 is 5.56 Å². The number of aromatic nitrogens is 3. The summed E-state index contributed by atoms with van der Waals surface area (Å²) in [4.78, 5) is 34.8. The standard InChI is InChI=1S/C23H25N5O3/c29-22-16(13-26-8-1-2-9-26)5-6-19-17-10-15(12-28(19)22)11-27(14-17)23(30)20-18-4-3-7-24-21(18)25-31-20/h3-7,15,17H,1-2,8-14H2/t15-,17+/m0/s1. The van der Waals surface area contributed by atoms with E-state index < -0.39 is 0 Å². The molecule has 2 bridgehead atoms. The third kappa shape index (κ3) is 3.17. The van der Waals surface area contributed by atoms with Crippen LogP contribution in [0.25, 0.3) is 11.0 Å². The molecule has 1 amide bonds. The first-order valence-corrected chi connectivity index (χ1v) is 11.1. The molecule has 0 aliphatic carbocycles. The van der Waals surface area contributed by atoms with Crippen LogP contribution in [0.3, 0.4) is 0 Å². The van der Waals surface area contributed by atoms with E-state index in [1.165, 1.54) is 12.8 Å². The molecule has 31 heavy (non-hydrogen) atoms. The van der Waals surface area contributed by atoms with E-state index in [0.29, 0.717) is 30.7 Å². The summed E-state index contributed by atoms with van der Waals surface area (Å²) < 4.78 is 7.33. The van der Waals surface area contributed by atoms with E-state index in [-0.39, 0.29) is 29.1 Å². The first-order valence-electron chi connectivity index (χ1n) is 11.1. The van der Waals surface area contributed by atoms with Crippen molar-refractivity contribution in [1.82, 2.24) is 24.5 Å². The van der Waals surface area contributed by atoms with Crippen LogP contribution in [-0.4, -0.2) is 56.6 Å². The van der Waals surface area contributed by atoms with E-state index in [1.54, 1.807) is 12.3 Å². The molecule has 8 nitrogen and oxygen atoms in total. The Labute approximate surface area is 179 Å². The van der Waals surface area contributed by atoms with Gasteiger partial charge in [0, 0.05) is 49.6 Å². The van der Waals surface area contributed by atoms with Crippen molar-refractivity contribution in [3.63, 3.8) is 0 Å². The van der Waals surface area contributed by atoms with Gasteiger partial charge in [-0.2, -0.15) is 0 Å². The van der Waals surface area contributed by atoms with Crippen molar-refractivity contribution >= 4 is 16.9 Å². The minimum Gasteiger partial charge on any atom is -0.348 e. The molecule has 3 aliphatic rings. The van der Waals surface area contributed by atoms with Gasteiger partial charge < -0.3 is 14.0 Å². The predicted octanol–water partition coefficient (Wildman–Crippen LogP) is 2.24. The molecule has 3 aliphatic heterocycles. The minimum atomic E-state index is -0.147. The van der Waals surface area contributed by atoms with Crippen LogP contribution in [0, 0.1) is 5.92 Å². The van der Waals surface area contributed by atoms with Gasteiger partial charge in [0.1, 0.15) is 0 Å². The predicted molar refractivity (Wildman–Crippen MR) is 114 cm³/mol. The van der Waals surface area contributed by atoms with E-state index in [1.807, 2.05) is 21.6 Å². The highest BCUT2D eigenvalue weighted by Crippen LogP contribution is 2.36. The average Bonchev–Trinajstić information content (AvgIpc) is 3.45. The summed E-state index contributed by atoms with van der Waals surface area (Å²) in [5.74, 6) is 0.535. The van der Waals surface area contributed by atoms with Crippen molar-refractivity contribution in [1.29, 1.82) is 0 Å². The maximum Gasteiger partial charge on any atom is 0.293 e. The smallest absolute Gasteiger partial charge is 0.293 e. The Morgan fingerprint density at radius 3 is 2.87 bits per heavy atom. The Kier molecular flexibility index (Phi) is 4.41. The summed E-state index contributed by atoms with van der Waals surface area (Å²) >= 11 is 0. The summed E-state index contributed by atoms with van der Waals surface area (Å²) in [5.41, 5.74) is 2.53. The number of amides is 1. The molecule has 0 unspecified atom stereocenters. The lowest BCUT2D eigenvalue weighted by atomic mass is 9.83. The molecule has 160 valence electrons. The largest absolute Gasteiger partial charge is 0.348 e. The van der Waals surface area contributed by atoms with Gasteiger partial charge in [0.25, 0.3) is 11.5 Å². The zero-order valence-corrected chi connectivity index (χ0v) is 17.4. The van der Waals surface area contributed by atoms with Crippen molar-refractivity contribution in [2.75, 3.05) is 26.2 Å². The summed E-state index contributed by atoms with van der Waals surface area (Å²) in [6.07, 6.45) is 5.08. The van der Waals surface area contributed by atoms with Crippen molar-refractivity contribution in [2.45, 2.75) is 38.3 Å². The van der Waals surface area contributed by atoms with E-state index in [4.69, 9.17) is 4.52 Å². The fourth-order valence-corrected chi connectivity index (χ4v) is 5.54. The molecule has 0 spiro atoms. The van der Waals surface area contributed by atoms with Gasteiger partial charge in [0.05, 0.1) is 5.39 Å². The normalized spacial score (nSPS) is 23.3. The monoisotopic (exact) mass is 419 g/mol. The Morgan fingerprint density at radius 2 is 2.00 bits per heavy atom. The first-order chi connectivity index (χ1) is 15.2. The van der Waals surface area contributed by atoms with E-state index >= 15 is 0 Å². The van der Waals surface area contributed by atoms with Gasteiger partial charge in [0.2, 0.25) is 11.4 Å². The van der Waals surface area contributed by atoms with Crippen LogP contribution in [-0.2, 0) is 13.1 Å². The minimum absolute atomic E-state index is 0.145. The van der Waals surface area contributed by atoms with E-state index in [9.17, 15) is 9.59 Å². The second-order valence-electron chi connectivity index (χ2n) is 9.08. The lowest BCUT2D eigenvalue weighted by molar-refractivity contribution is 0.0557. The number of likely N-dealkylation sites (tertiary alicyclic amines) is 2. The second kappa shape index (κ2) is 7.30. The van der Waals surface area contributed by atoms with Crippen LogP contribution in [0.1, 0.15) is 47.0 Å². The third-order valence-electron chi connectivity index (χ3n) is 7.01. The lowest BCUT2D eigenvalue weighted by Gasteiger charge is -2.42. The summed E-state index contributed by atoms with van der Waals surface area (Å²) in [6.45, 7) is 4.78. The molecular weight excluding hydrogens is 394 g/mol. The van der Waals surface area contributed by atoms with Gasteiger partial charge in [-0.15, -0.1) is 0 Å². The zero-order valence-electron chi connectivity index (χ0n) is 17.4. The number of carbonyl (C=O) groups excluding carboxylic acids is 1. The zero-order chi connectivity index (χ0) is 20.9. The van der Waals surface area contributed by atoms with Gasteiger partial charge in [-0.25, -0.2) is 4.98 Å². The third-order valence-corrected chi connectivity index (χ3v) is 7.01. The molecule has 2 atom stereocenters. The maximum atomic E-state index is 13.2. The highest BCUT2D eigenvalue weighted by atomic mass is 16.5. The molecule has 3 aromatic heterocycles. The first kappa shape index (κ1) is 18.7. The molecule has 2 fully saturated rings. The molecule has 6 heterocycles. The van der Waals surface area contributed by atoms with Gasteiger partial charge in [0.15, 0.2) is 0 Å². The SMILES string of the molecule is O=C(c1onc2ncccc12)N1C[C@@H]2C[C@H](C1)c1ccc(CN3CCCC3)c(=O)n1C2. The van der Waals surface area contributed by atoms with Crippen molar-refractivity contribution in [3.05, 3.63) is 57.8 Å². The molecule has 3 aromatic rings. The summed E-state index contributed by atoms with van der Waals surface area (Å²) in [7, 11) is 0. The molecule has 8 heteroatoms. The number of rotatable bonds is 3. The van der Waals surface area contributed by atoms with Crippen molar-refractivity contribution in [2.24, 2.45) is 5.92 Å². The van der Waals surface area contributed by atoms with Gasteiger partial charge in [-0.1, -0.05) is 11.2 Å². The average molecular weight is 419 g/mol. The Morgan fingerprint density at radius 1 is 1.13 bits per heavy atom. The summed E-state index contributed by atoms with van der Waals surface area (Å²) in [6, 6.07) is 7.70. The van der Waals surface area contributed by atoms with Crippen LogP contribution in [0.15, 0.2) is 39.8 Å². The number of nitrogens with zero attached hydrogens (tertiary/aromatic N) is 5. The molecular formula is C23H25N5O3. The number of pyridine rings is 2. The van der Waals surface area contributed by atoms with Crippen LogP contribution in [0.4, 0.5) is 0 Å². The fourth-order valence-electron chi connectivity index (χ4n) is 5.54. The Hall–Kier alpha value is -3.00. The highest BCUT2D eigenvalue weighted by molar-refractivity contribution is 6.02. The molecule has 0 radical (unpaired) electrons. The van der Waals surface area contributed by atoms with Gasteiger partial charge >= 0.3 is 0 Å². The fraction of sp³-hybridized carbons (Fsp3) is 0.478.